The number of rotatable bonds is 6. The molecule has 1 unspecified atom stereocenters. The van der Waals surface area contributed by atoms with Crippen molar-refractivity contribution in [2.75, 3.05) is 27.4 Å². The minimum absolute atomic E-state index is 0.281. The third-order valence-electron chi connectivity index (χ3n) is 4.22. The summed E-state index contributed by atoms with van der Waals surface area (Å²) in [6, 6.07) is 7.58. The van der Waals surface area contributed by atoms with Crippen LogP contribution in [0.3, 0.4) is 0 Å². The highest BCUT2D eigenvalue weighted by Gasteiger charge is 2.46. The van der Waals surface area contributed by atoms with E-state index in [1.165, 1.54) is 7.11 Å². The van der Waals surface area contributed by atoms with Gasteiger partial charge in [-0.3, -0.25) is 9.69 Å². The lowest BCUT2D eigenvalue weighted by Gasteiger charge is -2.35. The molecule has 6 nitrogen and oxygen atoms in total. The average Bonchev–Trinajstić information content (AvgIpc) is 2.91. The number of carbonyl (C=O) groups excluding carboxylic acids is 1. The topological polar surface area (TPSA) is 88.6 Å². The molecule has 2 rings (SSSR count). The van der Waals surface area contributed by atoms with E-state index >= 15 is 0 Å². The Bertz CT molecular complexity index is 597. The molecule has 1 atom stereocenters. The lowest BCUT2D eigenvalue weighted by molar-refractivity contribution is -0.132. The Morgan fingerprint density at radius 3 is 2.86 bits per heavy atom. The van der Waals surface area contributed by atoms with Crippen molar-refractivity contribution in [3.8, 4) is 11.8 Å². The lowest BCUT2D eigenvalue weighted by atomic mass is 9.95. The number of methoxy groups -OCH3 is 2. The summed E-state index contributed by atoms with van der Waals surface area (Å²) in [6.45, 7) is 1.61. The van der Waals surface area contributed by atoms with E-state index in [9.17, 15) is 10.1 Å². The maximum absolute atomic E-state index is 12.0. The van der Waals surface area contributed by atoms with Gasteiger partial charge in [0.05, 0.1) is 19.3 Å². The molecule has 118 valence electrons. The Labute approximate surface area is 130 Å². The van der Waals surface area contributed by atoms with Gasteiger partial charge < -0.3 is 15.2 Å². The zero-order valence-corrected chi connectivity index (χ0v) is 13.0. The smallest absolute Gasteiger partial charge is 0.240 e. The van der Waals surface area contributed by atoms with Crippen LogP contribution in [0, 0.1) is 11.3 Å². The van der Waals surface area contributed by atoms with Crippen LogP contribution < -0.4 is 10.5 Å². The number of hydrogen-bond donors (Lipinski definition) is 1. The molecule has 0 aliphatic carbocycles. The molecule has 1 aromatic carbocycles. The van der Waals surface area contributed by atoms with Crippen molar-refractivity contribution in [3.05, 3.63) is 29.3 Å². The van der Waals surface area contributed by atoms with Crippen LogP contribution in [0.2, 0.25) is 0 Å². The maximum atomic E-state index is 12.0. The first-order valence-corrected chi connectivity index (χ1v) is 7.18. The van der Waals surface area contributed by atoms with Gasteiger partial charge in [0.15, 0.2) is 0 Å². The molecule has 2 N–H and O–H groups in total. The molecule has 0 spiro atoms. The molecular formula is C16H21N3O3. The molecule has 1 saturated heterocycles. The average molecular weight is 303 g/mol. The Hall–Kier alpha value is -2.10. The number of hydrogen-bond acceptors (Lipinski definition) is 5. The number of primary amides is 1. The fourth-order valence-electron chi connectivity index (χ4n) is 3.08. The Kier molecular flexibility index (Phi) is 5.01. The van der Waals surface area contributed by atoms with Crippen molar-refractivity contribution in [2.24, 2.45) is 5.73 Å². The van der Waals surface area contributed by atoms with Gasteiger partial charge in [-0.1, -0.05) is 6.07 Å². The van der Waals surface area contributed by atoms with Crippen LogP contribution in [0.25, 0.3) is 0 Å². The van der Waals surface area contributed by atoms with E-state index in [4.69, 9.17) is 15.2 Å². The summed E-state index contributed by atoms with van der Waals surface area (Å²) in [5, 5.41) is 9.17. The summed E-state index contributed by atoms with van der Waals surface area (Å²) in [5.74, 6) is 0.187. The van der Waals surface area contributed by atoms with Gasteiger partial charge in [-0.25, -0.2) is 0 Å². The van der Waals surface area contributed by atoms with Crippen LogP contribution in [-0.4, -0.2) is 43.7 Å². The Morgan fingerprint density at radius 2 is 2.27 bits per heavy atom. The van der Waals surface area contributed by atoms with E-state index in [0.717, 1.165) is 18.5 Å². The van der Waals surface area contributed by atoms with Gasteiger partial charge in [-0.05, 0) is 37.1 Å². The van der Waals surface area contributed by atoms with Crippen molar-refractivity contribution < 1.29 is 14.3 Å². The number of benzene rings is 1. The Balaban J connectivity index is 2.26. The third-order valence-corrected chi connectivity index (χ3v) is 4.22. The number of nitriles is 1. The fraction of sp³-hybridized carbons (Fsp3) is 0.500. The molecule has 1 aliphatic rings. The number of carbonyl (C=O) groups is 1. The van der Waals surface area contributed by atoms with Gasteiger partial charge >= 0.3 is 0 Å². The van der Waals surface area contributed by atoms with Crippen molar-refractivity contribution >= 4 is 5.91 Å². The summed E-state index contributed by atoms with van der Waals surface area (Å²) in [6.07, 6.45) is 1.59. The molecule has 1 fully saturated rings. The molecule has 1 amide bonds. The summed E-state index contributed by atoms with van der Waals surface area (Å²) in [4.78, 5) is 14.0. The van der Waals surface area contributed by atoms with Crippen molar-refractivity contribution in [3.63, 3.8) is 0 Å². The van der Waals surface area contributed by atoms with Gasteiger partial charge in [0.1, 0.15) is 17.4 Å². The summed E-state index contributed by atoms with van der Waals surface area (Å²) < 4.78 is 10.4. The predicted molar refractivity (Wildman–Crippen MR) is 81.2 cm³/mol. The Morgan fingerprint density at radius 1 is 1.50 bits per heavy atom. The molecule has 6 heteroatoms. The fourth-order valence-corrected chi connectivity index (χ4v) is 3.08. The highest BCUT2D eigenvalue weighted by Crippen LogP contribution is 2.32. The van der Waals surface area contributed by atoms with Gasteiger partial charge in [-0.15, -0.1) is 0 Å². The SMILES string of the molecule is COCC1(C(N)=O)CCCN1Cc1ccc(OC)c(C#N)c1. The van der Waals surface area contributed by atoms with Crippen LogP contribution in [-0.2, 0) is 16.1 Å². The second-order valence-electron chi connectivity index (χ2n) is 5.50. The van der Waals surface area contributed by atoms with Crippen molar-refractivity contribution in [1.29, 1.82) is 5.26 Å². The van der Waals surface area contributed by atoms with Gasteiger partial charge in [0.25, 0.3) is 0 Å². The quantitative estimate of drug-likeness (QED) is 0.848. The number of likely N-dealkylation sites (tertiary alicyclic amines) is 1. The van der Waals surface area contributed by atoms with E-state index in [1.54, 1.807) is 19.2 Å². The number of amides is 1. The molecular weight excluding hydrogens is 282 g/mol. The highest BCUT2D eigenvalue weighted by molar-refractivity contribution is 5.85. The summed E-state index contributed by atoms with van der Waals surface area (Å²) in [5.41, 5.74) is 6.30. The molecule has 1 aromatic rings. The molecule has 1 heterocycles. The number of nitrogens with zero attached hydrogens (tertiary/aromatic N) is 2. The normalized spacial score (nSPS) is 21.5. The standard InChI is InChI=1S/C16H21N3O3/c1-21-11-16(15(18)20)6-3-7-19(16)10-12-4-5-14(22-2)13(8-12)9-17/h4-5,8H,3,6-7,10-11H2,1-2H3,(H2,18,20). The molecule has 0 saturated carbocycles. The van der Waals surface area contributed by atoms with Crippen molar-refractivity contribution in [2.45, 2.75) is 24.9 Å². The number of nitrogens with two attached hydrogens (primary N) is 1. The van der Waals surface area contributed by atoms with Crippen LogP contribution >= 0.6 is 0 Å². The monoisotopic (exact) mass is 303 g/mol. The van der Waals surface area contributed by atoms with E-state index < -0.39 is 5.54 Å². The minimum Gasteiger partial charge on any atom is -0.495 e. The summed E-state index contributed by atoms with van der Waals surface area (Å²) >= 11 is 0. The minimum atomic E-state index is -0.762. The molecule has 0 aromatic heterocycles. The van der Waals surface area contributed by atoms with Gasteiger partial charge in [0, 0.05) is 13.7 Å². The number of ether oxygens (including phenoxy) is 2. The second kappa shape index (κ2) is 6.77. The van der Waals surface area contributed by atoms with E-state index in [-0.39, 0.29) is 12.5 Å². The molecule has 1 aliphatic heterocycles. The van der Waals surface area contributed by atoms with Gasteiger partial charge in [-0.2, -0.15) is 5.26 Å². The van der Waals surface area contributed by atoms with E-state index in [2.05, 4.69) is 6.07 Å². The summed E-state index contributed by atoms with van der Waals surface area (Å²) in [7, 11) is 3.11. The van der Waals surface area contributed by atoms with E-state index in [1.807, 2.05) is 11.0 Å². The highest BCUT2D eigenvalue weighted by atomic mass is 16.5. The largest absolute Gasteiger partial charge is 0.495 e. The zero-order chi connectivity index (χ0) is 16.2. The molecule has 0 radical (unpaired) electrons. The molecule has 22 heavy (non-hydrogen) atoms. The predicted octanol–water partition coefficient (Wildman–Crippen LogP) is 1.03. The first kappa shape index (κ1) is 16.3. The third kappa shape index (κ3) is 2.91. The van der Waals surface area contributed by atoms with Crippen LogP contribution in [0.1, 0.15) is 24.0 Å². The van der Waals surface area contributed by atoms with Crippen LogP contribution in [0.5, 0.6) is 5.75 Å². The van der Waals surface area contributed by atoms with Gasteiger partial charge in [0.2, 0.25) is 5.91 Å². The lowest BCUT2D eigenvalue weighted by Crippen LogP contribution is -2.56. The second-order valence-corrected chi connectivity index (χ2v) is 5.50. The first-order valence-electron chi connectivity index (χ1n) is 7.18. The van der Waals surface area contributed by atoms with Crippen LogP contribution in [0.4, 0.5) is 0 Å². The van der Waals surface area contributed by atoms with Crippen molar-refractivity contribution in [1.82, 2.24) is 4.90 Å². The maximum Gasteiger partial charge on any atom is 0.240 e. The first-order chi connectivity index (χ1) is 10.6. The zero-order valence-electron chi connectivity index (χ0n) is 13.0. The van der Waals surface area contributed by atoms with Crippen LogP contribution in [0.15, 0.2) is 18.2 Å². The van der Waals surface area contributed by atoms with E-state index in [0.29, 0.717) is 24.3 Å². The molecule has 0 bridgehead atoms.